The number of fused-ring (bicyclic) bond motifs is 1. The van der Waals surface area contributed by atoms with Crippen molar-refractivity contribution in [2.75, 3.05) is 13.4 Å². The van der Waals surface area contributed by atoms with Gasteiger partial charge in [0.1, 0.15) is 11.8 Å². The molecule has 0 aliphatic carbocycles. The number of nitrogens with zero attached hydrogens (tertiary/aromatic N) is 4. The Kier molecular flexibility index (Phi) is 3.23. The van der Waals surface area contributed by atoms with Crippen LogP contribution >= 0.6 is 0 Å². The molecule has 1 aliphatic rings. The molecule has 20 heavy (non-hydrogen) atoms. The molecule has 1 N–H and O–H groups in total. The molecule has 0 fully saturated rings. The number of benzene rings is 1. The van der Waals surface area contributed by atoms with Crippen molar-refractivity contribution in [1.82, 2.24) is 15.0 Å². The zero-order valence-electron chi connectivity index (χ0n) is 10.6. The molecular weight excluding hydrogens is 260 g/mol. The van der Waals surface area contributed by atoms with E-state index in [4.69, 9.17) is 19.8 Å². The number of nitriles is 1. The Morgan fingerprint density at radius 2 is 2.20 bits per heavy atom. The average Bonchev–Trinajstić information content (AvgIpc) is 3.10. The predicted octanol–water partition coefficient (Wildman–Crippen LogP) is 0.928. The highest BCUT2D eigenvalue weighted by Gasteiger charge is 2.19. The molecular formula is C13H12N4O3. The maximum absolute atomic E-state index is 9.14. The molecule has 1 aromatic carbocycles. The van der Waals surface area contributed by atoms with Crippen LogP contribution in [0, 0.1) is 11.3 Å². The Hall–Kier alpha value is -2.59. The SMILES string of the molecule is N#Cc1nnn(CCCO)c1-c1ccc2c(c1)OCO2. The molecule has 0 bridgehead atoms. The molecule has 2 aromatic rings. The van der Waals surface area contributed by atoms with Crippen LogP contribution < -0.4 is 9.47 Å². The van der Waals surface area contributed by atoms with Crippen LogP contribution in [0.2, 0.25) is 0 Å². The Labute approximate surface area is 115 Å². The normalized spacial score (nSPS) is 12.4. The van der Waals surface area contributed by atoms with Gasteiger partial charge in [-0.05, 0) is 24.6 Å². The van der Waals surface area contributed by atoms with Crippen molar-refractivity contribution in [2.24, 2.45) is 0 Å². The predicted molar refractivity (Wildman–Crippen MR) is 68.0 cm³/mol. The van der Waals surface area contributed by atoms with E-state index in [0.29, 0.717) is 30.2 Å². The standard InChI is InChI=1S/C13H12N4O3/c14-7-10-13(17(16-15-10)4-1-5-18)9-2-3-11-12(6-9)20-8-19-11/h2-3,6,18H,1,4-5,8H2. The first-order valence-corrected chi connectivity index (χ1v) is 6.18. The van der Waals surface area contributed by atoms with E-state index in [-0.39, 0.29) is 19.1 Å². The minimum absolute atomic E-state index is 0.0579. The highest BCUT2D eigenvalue weighted by atomic mass is 16.7. The minimum atomic E-state index is 0.0579. The quantitative estimate of drug-likeness (QED) is 0.889. The van der Waals surface area contributed by atoms with Gasteiger partial charge in [-0.15, -0.1) is 5.10 Å². The van der Waals surface area contributed by atoms with Crippen molar-refractivity contribution in [3.63, 3.8) is 0 Å². The number of aryl methyl sites for hydroxylation is 1. The molecule has 0 atom stereocenters. The summed E-state index contributed by atoms with van der Waals surface area (Å²) in [7, 11) is 0. The van der Waals surface area contributed by atoms with Gasteiger partial charge in [0.15, 0.2) is 17.2 Å². The van der Waals surface area contributed by atoms with Gasteiger partial charge in [-0.1, -0.05) is 5.21 Å². The topological polar surface area (TPSA) is 93.2 Å². The van der Waals surface area contributed by atoms with E-state index in [9.17, 15) is 0 Å². The molecule has 0 saturated carbocycles. The summed E-state index contributed by atoms with van der Waals surface area (Å²) in [5, 5.41) is 25.9. The lowest BCUT2D eigenvalue weighted by atomic mass is 10.1. The van der Waals surface area contributed by atoms with Gasteiger partial charge in [0.05, 0.1) is 0 Å². The van der Waals surface area contributed by atoms with E-state index in [0.717, 1.165) is 5.56 Å². The molecule has 102 valence electrons. The molecule has 7 heteroatoms. The maximum atomic E-state index is 9.14. The van der Waals surface area contributed by atoms with Crippen molar-refractivity contribution in [3.8, 4) is 28.8 Å². The van der Waals surface area contributed by atoms with Crippen LogP contribution in [-0.2, 0) is 6.54 Å². The van der Waals surface area contributed by atoms with Crippen molar-refractivity contribution < 1.29 is 14.6 Å². The molecule has 0 saturated heterocycles. The van der Waals surface area contributed by atoms with Gasteiger partial charge in [-0.3, -0.25) is 0 Å². The summed E-state index contributed by atoms with van der Waals surface area (Å²) in [5.74, 6) is 1.32. The number of hydrogen-bond donors (Lipinski definition) is 1. The van der Waals surface area contributed by atoms with Crippen LogP contribution in [0.25, 0.3) is 11.3 Å². The van der Waals surface area contributed by atoms with Gasteiger partial charge in [-0.2, -0.15) is 5.26 Å². The van der Waals surface area contributed by atoms with Crippen LogP contribution in [-0.4, -0.2) is 33.5 Å². The zero-order chi connectivity index (χ0) is 13.9. The van der Waals surface area contributed by atoms with Crippen molar-refractivity contribution in [1.29, 1.82) is 5.26 Å². The van der Waals surface area contributed by atoms with E-state index in [1.165, 1.54) is 0 Å². The number of ether oxygens (including phenoxy) is 2. The third-order valence-corrected chi connectivity index (χ3v) is 3.02. The van der Waals surface area contributed by atoms with Gasteiger partial charge in [0.2, 0.25) is 6.79 Å². The molecule has 0 amide bonds. The highest BCUT2D eigenvalue weighted by molar-refractivity contribution is 5.68. The smallest absolute Gasteiger partial charge is 0.231 e. The maximum Gasteiger partial charge on any atom is 0.231 e. The first-order valence-electron chi connectivity index (χ1n) is 6.18. The Bertz CT molecular complexity index is 675. The number of aliphatic hydroxyl groups is 1. The van der Waals surface area contributed by atoms with Crippen LogP contribution in [0.15, 0.2) is 18.2 Å². The Morgan fingerprint density at radius 3 is 3.00 bits per heavy atom. The summed E-state index contributed by atoms with van der Waals surface area (Å²) in [6.45, 7) is 0.753. The van der Waals surface area contributed by atoms with Crippen LogP contribution in [0.3, 0.4) is 0 Å². The van der Waals surface area contributed by atoms with E-state index >= 15 is 0 Å². The van der Waals surface area contributed by atoms with Crippen LogP contribution in [0.4, 0.5) is 0 Å². The van der Waals surface area contributed by atoms with Crippen molar-refractivity contribution in [3.05, 3.63) is 23.9 Å². The first kappa shape index (κ1) is 12.4. The zero-order valence-corrected chi connectivity index (χ0v) is 10.6. The summed E-state index contributed by atoms with van der Waals surface area (Å²) in [5.41, 5.74) is 1.66. The van der Waals surface area contributed by atoms with E-state index in [1.54, 1.807) is 16.8 Å². The van der Waals surface area contributed by atoms with Gasteiger partial charge in [0, 0.05) is 18.7 Å². The van der Waals surface area contributed by atoms with E-state index in [1.807, 2.05) is 12.1 Å². The molecule has 1 aromatic heterocycles. The molecule has 2 heterocycles. The molecule has 0 radical (unpaired) electrons. The van der Waals surface area contributed by atoms with Crippen LogP contribution in [0.1, 0.15) is 12.1 Å². The fourth-order valence-electron chi connectivity index (χ4n) is 2.09. The van der Waals surface area contributed by atoms with Gasteiger partial charge in [-0.25, -0.2) is 4.68 Å². The third kappa shape index (κ3) is 2.06. The lowest BCUT2D eigenvalue weighted by molar-refractivity contribution is 0.174. The molecule has 0 spiro atoms. The molecule has 7 nitrogen and oxygen atoms in total. The number of aliphatic hydroxyl groups excluding tert-OH is 1. The fourth-order valence-corrected chi connectivity index (χ4v) is 2.09. The van der Waals surface area contributed by atoms with E-state index in [2.05, 4.69) is 10.3 Å². The van der Waals surface area contributed by atoms with Gasteiger partial charge < -0.3 is 14.6 Å². The monoisotopic (exact) mass is 272 g/mol. The average molecular weight is 272 g/mol. The first-order chi connectivity index (χ1) is 9.83. The van der Waals surface area contributed by atoms with Crippen molar-refractivity contribution in [2.45, 2.75) is 13.0 Å². The minimum Gasteiger partial charge on any atom is -0.454 e. The lowest BCUT2D eigenvalue weighted by Gasteiger charge is -2.06. The highest BCUT2D eigenvalue weighted by Crippen LogP contribution is 2.36. The lowest BCUT2D eigenvalue weighted by Crippen LogP contribution is -2.04. The molecule has 1 aliphatic heterocycles. The Balaban J connectivity index is 2.04. The largest absolute Gasteiger partial charge is 0.454 e. The molecule has 3 rings (SSSR count). The van der Waals surface area contributed by atoms with Gasteiger partial charge in [0.25, 0.3) is 0 Å². The summed E-state index contributed by atoms with van der Waals surface area (Å²) in [6, 6.07) is 7.46. The second kappa shape index (κ2) is 5.19. The van der Waals surface area contributed by atoms with Gasteiger partial charge >= 0.3 is 0 Å². The summed E-state index contributed by atoms with van der Waals surface area (Å²) in [6.07, 6.45) is 0.547. The second-order valence-corrected chi connectivity index (χ2v) is 4.27. The summed E-state index contributed by atoms with van der Waals surface area (Å²) in [4.78, 5) is 0. The number of hydrogen-bond acceptors (Lipinski definition) is 6. The summed E-state index contributed by atoms with van der Waals surface area (Å²) >= 11 is 0. The third-order valence-electron chi connectivity index (χ3n) is 3.02. The second-order valence-electron chi connectivity index (χ2n) is 4.27. The number of aromatic nitrogens is 3. The van der Waals surface area contributed by atoms with E-state index < -0.39 is 0 Å². The van der Waals surface area contributed by atoms with Crippen molar-refractivity contribution >= 4 is 0 Å². The molecule has 0 unspecified atom stereocenters. The Morgan fingerprint density at radius 1 is 1.35 bits per heavy atom. The number of rotatable bonds is 4. The summed E-state index contributed by atoms with van der Waals surface area (Å²) < 4.78 is 12.2. The van der Waals surface area contributed by atoms with Crippen LogP contribution in [0.5, 0.6) is 11.5 Å². The fraction of sp³-hybridized carbons (Fsp3) is 0.308.